The first-order chi connectivity index (χ1) is 13.4. The normalized spacial score (nSPS) is 23.5. The minimum atomic E-state index is -0.914. The molecule has 2 aromatic carbocycles. The standard InChI is InChI=1S/C19H17ClF2N4O2/c1-19(12-3-5-13(20)6-4-12)10-28-18(24-19)26-25-17-23-16(9-27-17)11-2-7-14(21)15(22)8-11/h2-8,16H,9-10H2,1H3,(H,23,25)(H,24,26)/t16?,19-/m1/s1. The quantitative estimate of drug-likeness (QED) is 0.750. The van der Waals surface area contributed by atoms with Gasteiger partial charge in [-0.25, -0.2) is 29.6 Å². The van der Waals surface area contributed by atoms with Gasteiger partial charge in [0.2, 0.25) is 0 Å². The summed E-state index contributed by atoms with van der Waals surface area (Å²) in [6.07, 6.45) is 0. The fourth-order valence-corrected chi connectivity index (χ4v) is 3.08. The summed E-state index contributed by atoms with van der Waals surface area (Å²) in [5, 5.41) is 0.655. The molecule has 2 aliphatic heterocycles. The van der Waals surface area contributed by atoms with Crippen molar-refractivity contribution in [1.29, 1.82) is 0 Å². The first-order valence-electron chi connectivity index (χ1n) is 8.59. The maximum absolute atomic E-state index is 13.4. The fraction of sp³-hybridized carbons (Fsp3) is 0.263. The number of aliphatic imine (C=N–C) groups is 2. The van der Waals surface area contributed by atoms with E-state index in [1.165, 1.54) is 6.07 Å². The van der Waals surface area contributed by atoms with Crippen LogP contribution in [0.15, 0.2) is 52.4 Å². The van der Waals surface area contributed by atoms with E-state index in [-0.39, 0.29) is 12.6 Å². The van der Waals surface area contributed by atoms with Crippen LogP contribution in [0.3, 0.4) is 0 Å². The van der Waals surface area contributed by atoms with Gasteiger partial charge in [-0.3, -0.25) is 0 Å². The molecule has 2 N–H and O–H groups in total. The summed E-state index contributed by atoms with van der Waals surface area (Å²) in [6, 6.07) is 11.2. The molecule has 2 atom stereocenters. The summed E-state index contributed by atoms with van der Waals surface area (Å²) < 4.78 is 37.5. The molecule has 0 aliphatic carbocycles. The molecule has 2 heterocycles. The van der Waals surface area contributed by atoms with Crippen LogP contribution < -0.4 is 10.9 Å². The molecule has 0 saturated heterocycles. The lowest BCUT2D eigenvalue weighted by molar-refractivity contribution is 0.257. The van der Waals surface area contributed by atoms with Crippen LogP contribution >= 0.6 is 11.6 Å². The highest BCUT2D eigenvalue weighted by Gasteiger charge is 2.34. The van der Waals surface area contributed by atoms with Gasteiger partial charge in [-0.1, -0.05) is 29.8 Å². The van der Waals surface area contributed by atoms with E-state index in [1.807, 2.05) is 19.1 Å². The van der Waals surface area contributed by atoms with Gasteiger partial charge in [0.25, 0.3) is 0 Å². The van der Waals surface area contributed by atoms with Crippen molar-refractivity contribution in [2.45, 2.75) is 18.5 Å². The topological polar surface area (TPSA) is 67.2 Å². The molecular weight excluding hydrogens is 390 g/mol. The maximum Gasteiger partial charge on any atom is 0.305 e. The van der Waals surface area contributed by atoms with Gasteiger partial charge in [0.05, 0.1) is 0 Å². The van der Waals surface area contributed by atoms with Gasteiger partial charge >= 0.3 is 12.0 Å². The molecule has 146 valence electrons. The molecule has 0 saturated carbocycles. The van der Waals surface area contributed by atoms with Gasteiger partial charge in [0.15, 0.2) is 11.6 Å². The zero-order valence-electron chi connectivity index (χ0n) is 14.9. The number of nitrogens with one attached hydrogen (secondary N) is 2. The Labute approximate surface area is 165 Å². The second-order valence-corrected chi connectivity index (χ2v) is 7.11. The highest BCUT2D eigenvalue weighted by Crippen LogP contribution is 2.30. The predicted molar refractivity (Wildman–Crippen MR) is 101 cm³/mol. The summed E-state index contributed by atoms with van der Waals surface area (Å²) in [5.41, 5.74) is 6.56. The highest BCUT2D eigenvalue weighted by atomic mass is 35.5. The predicted octanol–water partition coefficient (Wildman–Crippen LogP) is 3.44. The summed E-state index contributed by atoms with van der Waals surface area (Å²) in [4.78, 5) is 8.86. The zero-order valence-corrected chi connectivity index (χ0v) is 15.6. The van der Waals surface area contributed by atoms with Crippen molar-refractivity contribution in [3.05, 3.63) is 70.2 Å². The van der Waals surface area contributed by atoms with Crippen molar-refractivity contribution in [2.75, 3.05) is 13.2 Å². The van der Waals surface area contributed by atoms with E-state index in [0.29, 0.717) is 23.2 Å². The molecule has 2 aliphatic rings. The van der Waals surface area contributed by atoms with Gasteiger partial charge in [-0.2, -0.15) is 0 Å². The molecule has 0 amide bonds. The van der Waals surface area contributed by atoms with Gasteiger partial charge in [-0.05, 0) is 42.3 Å². The zero-order chi connectivity index (χ0) is 19.7. The van der Waals surface area contributed by atoms with E-state index in [4.69, 9.17) is 21.1 Å². The molecule has 0 fully saturated rings. The maximum atomic E-state index is 13.4. The van der Waals surface area contributed by atoms with Crippen LogP contribution in [0.5, 0.6) is 0 Å². The van der Waals surface area contributed by atoms with Crippen LogP contribution in [0.2, 0.25) is 5.02 Å². The Balaban J connectivity index is 1.39. The second kappa shape index (κ2) is 7.27. The molecule has 0 radical (unpaired) electrons. The lowest BCUT2D eigenvalue weighted by atomic mass is 9.94. The fourth-order valence-electron chi connectivity index (χ4n) is 2.96. The first-order valence-corrected chi connectivity index (χ1v) is 8.97. The summed E-state index contributed by atoms with van der Waals surface area (Å²) in [5.74, 6) is -1.81. The van der Waals surface area contributed by atoms with Gasteiger partial charge in [0.1, 0.15) is 24.8 Å². The summed E-state index contributed by atoms with van der Waals surface area (Å²) >= 11 is 5.93. The Bertz CT molecular complexity index is 951. The minimum absolute atomic E-state index is 0.209. The van der Waals surface area contributed by atoms with E-state index in [0.717, 1.165) is 17.7 Å². The van der Waals surface area contributed by atoms with E-state index in [2.05, 4.69) is 20.8 Å². The summed E-state index contributed by atoms with van der Waals surface area (Å²) in [7, 11) is 0. The molecule has 1 unspecified atom stereocenters. The molecule has 2 aromatic rings. The Morgan fingerprint density at radius 2 is 1.79 bits per heavy atom. The Morgan fingerprint density at radius 1 is 1.04 bits per heavy atom. The van der Waals surface area contributed by atoms with Crippen molar-refractivity contribution >= 4 is 23.6 Å². The average Bonchev–Trinajstić information content (AvgIpc) is 3.30. The first kappa shape index (κ1) is 18.5. The van der Waals surface area contributed by atoms with Gasteiger partial charge in [0, 0.05) is 5.02 Å². The number of hydrogen-bond acceptors (Lipinski definition) is 6. The van der Waals surface area contributed by atoms with Crippen LogP contribution in [0.25, 0.3) is 0 Å². The van der Waals surface area contributed by atoms with Crippen molar-refractivity contribution in [3.63, 3.8) is 0 Å². The van der Waals surface area contributed by atoms with E-state index < -0.39 is 23.2 Å². The number of ether oxygens (including phenoxy) is 2. The molecule has 0 bridgehead atoms. The van der Waals surface area contributed by atoms with Gasteiger partial charge in [-0.15, -0.1) is 0 Å². The molecule has 0 spiro atoms. The molecule has 9 heteroatoms. The third-order valence-electron chi connectivity index (χ3n) is 4.56. The van der Waals surface area contributed by atoms with Crippen LogP contribution in [0.1, 0.15) is 24.1 Å². The third-order valence-corrected chi connectivity index (χ3v) is 4.81. The Kier molecular flexibility index (Phi) is 4.80. The van der Waals surface area contributed by atoms with E-state index in [9.17, 15) is 8.78 Å². The van der Waals surface area contributed by atoms with Crippen LogP contribution in [-0.4, -0.2) is 25.3 Å². The van der Waals surface area contributed by atoms with Crippen LogP contribution in [-0.2, 0) is 15.0 Å². The number of benzene rings is 2. The molecule has 0 aromatic heterocycles. The molecular formula is C19H17ClF2N4O2. The van der Waals surface area contributed by atoms with E-state index in [1.54, 1.807) is 12.1 Å². The molecule has 4 rings (SSSR count). The van der Waals surface area contributed by atoms with Crippen molar-refractivity contribution < 1.29 is 18.3 Å². The lowest BCUT2D eigenvalue weighted by Crippen LogP contribution is -2.41. The third kappa shape index (κ3) is 3.73. The van der Waals surface area contributed by atoms with Gasteiger partial charge < -0.3 is 9.47 Å². The second-order valence-electron chi connectivity index (χ2n) is 6.67. The number of halogens is 3. The highest BCUT2D eigenvalue weighted by molar-refractivity contribution is 6.30. The van der Waals surface area contributed by atoms with E-state index >= 15 is 0 Å². The Morgan fingerprint density at radius 3 is 2.54 bits per heavy atom. The van der Waals surface area contributed by atoms with Crippen LogP contribution in [0.4, 0.5) is 8.78 Å². The Hall–Kier alpha value is -2.87. The number of nitrogens with zero attached hydrogens (tertiary/aromatic N) is 2. The number of amidine groups is 2. The SMILES string of the molecule is C[C@]1(c2ccc(Cl)cc2)COC(NNC2=NC(c3ccc(F)c(F)c3)CO2)=N1. The smallest absolute Gasteiger partial charge is 0.305 e. The summed E-state index contributed by atoms with van der Waals surface area (Å²) in [6.45, 7) is 2.53. The monoisotopic (exact) mass is 406 g/mol. The number of hydrazine groups is 1. The lowest BCUT2D eigenvalue weighted by Gasteiger charge is -2.18. The van der Waals surface area contributed by atoms with Crippen molar-refractivity contribution in [3.8, 4) is 0 Å². The largest absolute Gasteiger partial charge is 0.461 e. The number of hydrogen-bond donors (Lipinski definition) is 2. The van der Waals surface area contributed by atoms with Crippen LogP contribution in [0, 0.1) is 11.6 Å². The molecule has 28 heavy (non-hydrogen) atoms. The van der Waals surface area contributed by atoms with Crippen molar-refractivity contribution in [2.24, 2.45) is 9.98 Å². The minimum Gasteiger partial charge on any atom is -0.461 e. The number of rotatable bonds is 2. The average molecular weight is 407 g/mol. The molecule has 6 nitrogen and oxygen atoms in total. The van der Waals surface area contributed by atoms with Crippen molar-refractivity contribution in [1.82, 2.24) is 10.9 Å².